The van der Waals surface area contributed by atoms with E-state index in [4.69, 9.17) is 5.11 Å². The summed E-state index contributed by atoms with van der Waals surface area (Å²) >= 11 is 0. The van der Waals surface area contributed by atoms with Crippen molar-refractivity contribution in [3.8, 4) is 0 Å². The van der Waals surface area contributed by atoms with Gasteiger partial charge in [-0.25, -0.2) is 4.79 Å². The summed E-state index contributed by atoms with van der Waals surface area (Å²) in [5.74, 6) is -0.981. The summed E-state index contributed by atoms with van der Waals surface area (Å²) in [6, 6.07) is 0. The summed E-state index contributed by atoms with van der Waals surface area (Å²) in [6.07, 6.45) is 17.5. The minimum atomic E-state index is -0.981. The van der Waals surface area contributed by atoms with Crippen molar-refractivity contribution in [2.45, 2.75) is 66.7 Å². The zero-order valence-corrected chi connectivity index (χ0v) is 16.3. The molecule has 24 heavy (non-hydrogen) atoms. The van der Waals surface area contributed by atoms with E-state index in [2.05, 4.69) is 66.0 Å². The van der Waals surface area contributed by atoms with Crippen LogP contribution in [0.25, 0.3) is 0 Å². The van der Waals surface area contributed by atoms with Crippen LogP contribution in [0.3, 0.4) is 0 Å². The normalized spacial score (nSPS) is 16.0. The maximum absolute atomic E-state index is 9.25. The van der Waals surface area contributed by atoms with E-state index in [1.54, 1.807) is 17.2 Å². The van der Waals surface area contributed by atoms with E-state index in [0.717, 1.165) is 18.9 Å². The summed E-state index contributed by atoms with van der Waals surface area (Å²) in [6.45, 7) is 17.8. The van der Waals surface area contributed by atoms with Crippen LogP contribution in [0.1, 0.15) is 66.7 Å². The van der Waals surface area contributed by atoms with Crippen LogP contribution in [0.5, 0.6) is 0 Å². The molecule has 0 heterocycles. The maximum Gasteiger partial charge on any atom is 0.327 e. The van der Waals surface area contributed by atoms with Crippen LogP contribution >= 0.6 is 0 Å². The van der Waals surface area contributed by atoms with Gasteiger partial charge in [0.25, 0.3) is 0 Å². The van der Waals surface area contributed by atoms with Crippen molar-refractivity contribution in [1.29, 1.82) is 0 Å². The molecule has 1 N–H and O–H groups in total. The van der Waals surface area contributed by atoms with E-state index in [1.165, 1.54) is 19.3 Å². The molecule has 0 aromatic carbocycles. The van der Waals surface area contributed by atoms with Gasteiger partial charge in [-0.15, -0.1) is 0 Å². The van der Waals surface area contributed by atoms with Crippen molar-refractivity contribution in [3.05, 3.63) is 60.8 Å². The Morgan fingerprint density at radius 3 is 2.08 bits per heavy atom. The van der Waals surface area contributed by atoms with Crippen LogP contribution in [0, 0.1) is 5.41 Å². The molecule has 0 aromatic rings. The zero-order valence-electron chi connectivity index (χ0n) is 16.3. The molecule has 0 unspecified atom stereocenters. The van der Waals surface area contributed by atoms with Crippen molar-refractivity contribution in [1.82, 2.24) is 0 Å². The van der Waals surface area contributed by atoms with Crippen molar-refractivity contribution >= 4 is 5.97 Å². The van der Waals surface area contributed by atoms with Crippen LogP contribution in [0.4, 0.5) is 0 Å². The lowest BCUT2D eigenvalue weighted by atomic mass is 9.72. The van der Waals surface area contributed by atoms with Gasteiger partial charge in [-0.1, -0.05) is 76.8 Å². The van der Waals surface area contributed by atoms with Crippen LogP contribution in [-0.4, -0.2) is 11.1 Å². The smallest absolute Gasteiger partial charge is 0.327 e. The van der Waals surface area contributed by atoms with E-state index < -0.39 is 5.97 Å². The molecule has 0 bridgehead atoms. The SMILES string of the molecule is C=C/C=C/CC.C=CC(=O)O.CC/C=C/C1=C(C)CCCC1(C)C. The van der Waals surface area contributed by atoms with Gasteiger partial charge in [0.1, 0.15) is 0 Å². The lowest BCUT2D eigenvalue weighted by Gasteiger charge is -2.32. The van der Waals surface area contributed by atoms with E-state index in [0.29, 0.717) is 5.41 Å². The molecule has 136 valence electrons. The highest BCUT2D eigenvalue weighted by atomic mass is 16.4. The highest BCUT2D eigenvalue weighted by molar-refractivity contribution is 5.78. The number of carbonyl (C=O) groups is 1. The molecule has 0 aliphatic heterocycles. The molecular formula is C22H36O2. The van der Waals surface area contributed by atoms with Gasteiger partial charge in [0.15, 0.2) is 0 Å². The molecular weight excluding hydrogens is 296 g/mol. The van der Waals surface area contributed by atoms with E-state index >= 15 is 0 Å². The summed E-state index contributed by atoms with van der Waals surface area (Å²) in [7, 11) is 0. The summed E-state index contributed by atoms with van der Waals surface area (Å²) in [5.41, 5.74) is 3.59. The quantitative estimate of drug-likeness (QED) is 0.440. The number of rotatable bonds is 5. The Bertz CT molecular complexity index is 462. The summed E-state index contributed by atoms with van der Waals surface area (Å²) < 4.78 is 0. The monoisotopic (exact) mass is 332 g/mol. The molecule has 1 aliphatic rings. The second-order valence-electron chi connectivity index (χ2n) is 6.36. The first kappa shape index (κ1) is 24.4. The highest BCUT2D eigenvalue weighted by Crippen LogP contribution is 2.40. The van der Waals surface area contributed by atoms with Gasteiger partial charge < -0.3 is 5.11 Å². The molecule has 1 aliphatic carbocycles. The average Bonchev–Trinajstić information content (AvgIpc) is 2.53. The van der Waals surface area contributed by atoms with Gasteiger partial charge >= 0.3 is 5.97 Å². The summed E-state index contributed by atoms with van der Waals surface area (Å²) in [5, 5.41) is 7.60. The molecule has 0 saturated carbocycles. The molecule has 0 saturated heterocycles. The minimum Gasteiger partial charge on any atom is -0.478 e. The third-order valence-electron chi connectivity index (χ3n) is 3.75. The van der Waals surface area contributed by atoms with E-state index in [1.807, 2.05) is 6.08 Å². The number of carboxylic acids is 1. The fourth-order valence-corrected chi connectivity index (χ4v) is 2.48. The minimum absolute atomic E-state index is 0.411. The Hall–Kier alpha value is -1.83. The van der Waals surface area contributed by atoms with Crippen molar-refractivity contribution in [2.24, 2.45) is 5.41 Å². The van der Waals surface area contributed by atoms with Gasteiger partial charge in [0, 0.05) is 6.08 Å². The van der Waals surface area contributed by atoms with Crippen LogP contribution in [0.2, 0.25) is 0 Å². The predicted molar refractivity (Wildman–Crippen MR) is 107 cm³/mol. The number of allylic oxidation sites excluding steroid dienone is 7. The first-order valence-electron chi connectivity index (χ1n) is 8.76. The third-order valence-corrected chi connectivity index (χ3v) is 3.75. The van der Waals surface area contributed by atoms with Crippen molar-refractivity contribution < 1.29 is 9.90 Å². The number of aliphatic carboxylic acids is 1. The Kier molecular flexibility index (Phi) is 15.0. The highest BCUT2D eigenvalue weighted by Gasteiger charge is 2.26. The Balaban J connectivity index is 0. The average molecular weight is 333 g/mol. The van der Waals surface area contributed by atoms with Crippen LogP contribution in [0.15, 0.2) is 60.8 Å². The third kappa shape index (κ3) is 12.7. The molecule has 0 radical (unpaired) electrons. The largest absolute Gasteiger partial charge is 0.478 e. The van der Waals surface area contributed by atoms with Gasteiger partial charge in [0.05, 0.1) is 0 Å². The Morgan fingerprint density at radius 2 is 1.75 bits per heavy atom. The fraction of sp³-hybridized carbons (Fsp3) is 0.500. The first-order valence-corrected chi connectivity index (χ1v) is 8.76. The Morgan fingerprint density at radius 1 is 1.21 bits per heavy atom. The molecule has 0 spiro atoms. The zero-order chi connectivity index (χ0) is 19.0. The lowest BCUT2D eigenvalue weighted by molar-refractivity contribution is -0.131. The molecule has 2 heteroatoms. The van der Waals surface area contributed by atoms with Gasteiger partial charge in [-0.2, -0.15) is 0 Å². The molecule has 2 nitrogen and oxygen atoms in total. The fourth-order valence-electron chi connectivity index (χ4n) is 2.48. The second kappa shape index (κ2) is 14.7. The molecule has 0 aromatic heterocycles. The maximum atomic E-state index is 9.25. The number of carboxylic acid groups (broad SMARTS) is 1. The van der Waals surface area contributed by atoms with Gasteiger partial charge in [-0.05, 0) is 50.0 Å². The van der Waals surface area contributed by atoms with E-state index in [9.17, 15) is 4.79 Å². The van der Waals surface area contributed by atoms with E-state index in [-0.39, 0.29) is 0 Å². The van der Waals surface area contributed by atoms with Crippen LogP contribution in [-0.2, 0) is 4.79 Å². The lowest BCUT2D eigenvalue weighted by Crippen LogP contribution is -2.18. The number of hydrogen-bond donors (Lipinski definition) is 1. The van der Waals surface area contributed by atoms with Crippen molar-refractivity contribution in [3.63, 3.8) is 0 Å². The topological polar surface area (TPSA) is 37.3 Å². The number of hydrogen-bond acceptors (Lipinski definition) is 1. The Labute approximate surface area is 149 Å². The molecule has 0 amide bonds. The molecule has 0 fully saturated rings. The summed E-state index contributed by atoms with van der Waals surface area (Å²) in [4.78, 5) is 9.25. The standard InChI is InChI=1S/C13H22.C6H10.C3H4O2/c1-5-6-9-12-11(2)8-7-10-13(12,3)4;1-3-5-6-4-2;1-2-3(4)5/h6,9H,5,7-8,10H2,1-4H3;3,5-6H,1,4H2,2H3;2H,1H2,(H,4,5)/b9-6+;6-5+;. The van der Waals surface area contributed by atoms with Gasteiger partial charge in [-0.3, -0.25) is 0 Å². The van der Waals surface area contributed by atoms with Gasteiger partial charge in [0.2, 0.25) is 0 Å². The second-order valence-corrected chi connectivity index (χ2v) is 6.36. The molecule has 0 atom stereocenters. The predicted octanol–water partition coefficient (Wildman–Crippen LogP) is 6.87. The first-order chi connectivity index (χ1) is 11.3. The van der Waals surface area contributed by atoms with Crippen LogP contribution < -0.4 is 0 Å². The molecule has 1 rings (SSSR count). The van der Waals surface area contributed by atoms with Crippen molar-refractivity contribution in [2.75, 3.05) is 0 Å².